The molecule has 4 aromatic rings. The Morgan fingerprint density at radius 3 is 2.69 bits per heavy atom. The van der Waals surface area contributed by atoms with Gasteiger partial charge in [0, 0.05) is 37.4 Å². The molecule has 0 fully saturated rings. The zero-order chi connectivity index (χ0) is 24.7. The van der Waals surface area contributed by atoms with Crippen LogP contribution in [-0.2, 0) is 26.6 Å². The van der Waals surface area contributed by atoms with Crippen LogP contribution in [0.3, 0.4) is 0 Å². The highest BCUT2D eigenvalue weighted by Gasteiger charge is 2.24. The van der Waals surface area contributed by atoms with Crippen molar-refractivity contribution in [3.05, 3.63) is 97.8 Å². The molecule has 8 heteroatoms. The minimum Gasteiger partial charge on any atom is -0.478 e. The van der Waals surface area contributed by atoms with Crippen molar-refractivity contribution in [2.45, 2.75) is 26.4 Å². The highest BCUT2D eigenvalue weighted by Crippen LogP contribution is 2.30. The third-order valence-corrected chi connectivity index (χ3v) is 6.66. The molecule has 35 heavy (non-hydrogen) atoms. The molecule has 0 spiro atoms. The Kier molecular flexibility index (Phi) is 5.94. The van der Waals surface area contributed by atoms with E-state index in [1.54, 1.807) is 35.9 Å². The Labute approximate surface area is 207 Å². The van der Waals surface area contributed by atoms with Gasteiger partial charge in [-0.05, 0) is 65.9 Å². The number of aromatic carboxylic acids is 1. The molecule has 0 unspecified atom stereocenters. The molecule has 2 N–H and O–H groups in total. The summed E-state index contributed by atoms with van der Waals surface area (Å²) in [7, 11) is 1.76. The normalized spacial score (nSPS) is 12.7. The quantitative estimate of drug-likeness (QED) is 0.406. The lowest BCUT2D eigenvalue weighted by atomic mass is 10.0. The molecule has 5 rings (SSSR count). The van der Waals surface area contributed by atoms with Gasteiger partial charge in [0.2, 0.25) is 5.95 Å². The first-order valence-electron chi connectivity index (χ1n) is 11.4. The summed E-state index contributed by atoms with van der Waals surface area (Å²) in [6, 6.07) is 16.6. The molecule has 3 aromatic carbocycles. The van der Waals surface area contributed by atoms with E-state index in [9.17, 15) is 14.7 Å². The van der Waals surface area contributed by atoms with Crippen molar-refractivity contribution < 1.29 is 9.90 Å². The van der Waals surface area contributed by atoms with Gasteiger partial charge in [0.1, 0.15) is 0 Å². The van der Waals surface area contributed by atoms with Crippen LogP contribution in [0.4, 0.5) is 11.6 Å². The number of nitrogens with zero attached hydrogens (tertiary/aromatic N) is 3. The first kappa shape index (κ1) is 22.9. The maximum atomic E-state index is 13.3. The summed E-state index contributed by atoms with van der Waals surface area (Å²) in [6.07, 6.45) is 0.585. The average molecular weight is 489 g/mol. The molecule has 178 valence electrons. The molecule has 0 saturated heterocycles. The number of hydrogen-bond donors (Lipinski definition) is 2. The SMILES string of the molecule is Cc1cc(CCNc2ccccc2C(=O)O)c2nc(N3Cc4ccc(Cl)cc4C3)n(C)c(=O)c2c1. The van der Waals surface area contributed by atoms with Crippen molar-refractivity contribution in [2.24, 2.45) is 7.05 Å². The lowest BCUT2D eigenvalue weighted by Gasteiger charge is -2.21. The van der Waals surface area contributed by atoms with E-state index in [0.717, 1.165) is 16.7 Å². The van der Waals surface area contributed by atoms with Gasteiger partial charge in [-0.1, -0.05) is 35.9 Å². The molecule has 0 radical (unpaired) electrons. The molecule has 1 aliphatic rings. The van der Waals surface area contributed by atoms with E-state index in [0.29, 0.717) is 53.6 Å². The topological polar surface area (TPSA) is 87.5 Å². The number of hydrogen-bond acceptors (Lipinski definition) is 5. The Morgan fingerprint density at radius 2 is 1.89 bits per heavy atom. The summed E-state index contributed by atoms with van der Waals surface area (Å²) >= 11 is 6.18. The number of nitrogens with one attached hydrogen (secondary N) is 1. The molecule has 7 nitrogen and oxygen atoms in total. The molecular weight excluding hydrogens is 464 g/mol. The van der Waals surface area contributed by atoms with Gasteiger partial charge in [-0.2, -0.15) is 0 Å². The predicted octanol–water partition coefficient (Wildman–Crippen LogP) is 4.77. The van der Waals surface area contributed by atoms with Crippen molar-refractivity contribution in [1.82, 2.24) is 9.55 Å². The maximum Gasteiger partial charge on any atom is 0.337 e. The van der Waals surface area contributed by atoms with Crippen LogP contribution in [0.2, 0.25) is 5.02 Å². The van der Waals surface area contributed by atoms with Crippen LogP contribution in [0.5, 0.6) is 0 Å². The van der Waals surface area contributed by atoms with Crippen LogP contribution in [0.1, 0.15) is 32.6 Å². The number of halogens is 1. The van der Waals surface area contributed by atoms with E-state index in [1.165, 1.54) is 5.56 Å². The van der Waals surface area contributed by atoms with Gasteiger partial charge in [-0.15, -0.1) is 0 Å². The number of benzene rings is 3. The number of carboxylic acids is 1. The molecule has 2 heterocycles. The van der Waals surface area contributed by atoms with E-state index < -0.39 is 5.97 Å². The van der Waals surface area contributed by atoms with E-state index in [4.69, 9.17) is 16.6 Å². The van der Waals surface area contributed by atoms with Crippen molar-refractivity contribution in [1.29, 1.82) is 0 Å². The Balaban J connectivity index is 1.48. The summed E-state index contributed by atoms with van der Waals surface area (Å²) in [5, 5.41) is 13.9. The van der Waals surface area contributed by atoms with Crippen LogP contribution in [0.15, 0.2) is 59.4 Å². The second-order valence-electron chi connectivity index (χ2n) is 8.89. The molecule has 0 aliphatic carbocycles. The molecule has 0 amide bonds. The molecule has 1 aromatic heterocycles. The third kappa shape index (κ3) is 4.35. The van der Waals surface area contributed by atoms with Crippen molar-refractivity contribution >= 4 is 40.1 Å². The molecule has 0 atom stereocenters. The summed E-state index contributed by atoms with van der Waals surface area (Å²) < 4.78 is 1.61. The number of rotatable bonds is 6. The van der Waals surface area contributed by atoms with Crippen LogP contribution in [0.25, 0.3) is 10.9 Å². The second kappa shape index (κ2) is 9.07. The third-order valence-electron chi connectivity index (χ3n) is 6.42. The maximum absolute atomic E-state index is 13.3. The van der Waals surface area contributed by atoms with Gasteiger partial charge < -0.3 is 15.3 Å². The number of aromatic nitrogens is 2. The minimum absolute atomic E-state index is 0.0897. The van der Waals surface area contributed by atoms with Crippen molar-refractivity contribution in [3.8, 4) is 0 Å². The van der Waals surface area contributed by atoms with Crippen molar-refractivity contribution in [3.63, 3.8) is 0 Å². The van der Waals surface area contributed by atoms with Crippen LogP contribution in [0, 0.1) is 6.92 Å². The van der Waals surface area contributed by atoms with E-state index >= 15 is 0 Å². The van der Waals surface area contributed by atoms with Gasteiger partial charge in [-0.25, -0.2) is 9.78 Å². The van der Waals surface area contributed by atoms with Gasteiger partial charge in [0.05, 0.1) is 16.5 Å². The highest BCUT2D eigenvalue weighted by atomic mass is 35.5. The fourth-order valence-corrected chi connectivity index (χ4v) is 4.92. The number of carbonyl (C=O) groups is 1. The highest BCUT2D eigenvalue weighted by molar-refractivity contribution is 6.30. The van der Waals surface area contributed by atoms with Crippen LogP contribution in [-0.4, -0.2) is 27.2 Å². The monoisotopic (exact) mass is 488 g/mol. The van der Waals surface area contributed by atoms with E-state index in [2.05, 4.69) is 10.2 Å². The number of anilines is 2. The zero-order valence-electron chi connectivity index (χ0n) is 19.5. The first-order valence-corrected chi connectivity index (χ1v) is 11.8. The largest absolute Gasteiger partial charge is 0.478 e. The summed E-state index contributed by atoms with van der Waals surface area (Å²) in [5.74, 6) is -0.360. The number of fused-ring (bicyclic) bond motifs is 2. The second-order valence-corrected chi connectivity index (χ2v) is 9.33. The summed E-state index contributed by atoms with van der Waals surface area (Å²) in [5.41, 5.74) is 5.61. The van der Waals surface area contributed by atoms with Gasteiger partial charge in [0.25, 0.3) is 5.56 Å². The lowest BCUT2D eigenvalue weighted by Crippen LogP contribution is -2.28. The lowest BCUT2D eigenvalue weighted by molar-refractivity contribution is 0.0698. The Hall–Kier alpha value is -3.84. The smallest absolute Gasteiger partial charge is 0.337 e. The first-order chi connectivity index (χ1) is 16.8. The van der Waals surface area contributed by atoms with Gasteiger partial charge in [0.15, 0.2) is 0 Å². The summed E-state index contributed by atoms with van der Waals surface area (Å²) in [4.78, 5) is 31.9. The fourth-order valence-electron chi connectivity index (χ4n) is 4.73. The van der Waals surface area contributed by atoms with Gasteiger partial charge in [-0.3, -0.25) is 9.36 Å². The average Bonchev–Trinajstić information content (AvgIpc) is 3.24. The minimum atomic E-state index is -0.975. The molecule has 0 saturated carbocycles. The summed E-state index contributed by atoms with van der Waals surface area (Å²) in [6.45, 7) is 3.76. The number of aryl methyl sites for hydroxylation is 1. The van der Waals surface area contributed by atoms with Crippen LogP contribution >= 0.6 is 11.6 Å². The number of para-hydroxylation sites is 1. The molecule has 0 bridgehead atoms. The standard InChI is InChI=1S/C27H25ClN4O3/c1-16-11-17(9-10-29-23-6-4-3-5-21(23)26(34)35)24-22(12-16)25(33)31(2)27(30-24)32-14-18-7-8-20(28)13-19(18)15-32/h3-8,11-13,29H,9-10,14-15H2,1-2H3,(H,34,35). The Bertz CT molecular complexity index is 1530. The Morgan fingerprint density at radius 1 is 1.11 bits per heavy atom. The van der Waals surface area contributed by atoms with Gasteiger partial charge >= 0.3 is 5.97 Å². The van der Waals surface area contributed by atoms with E-state index in [1.807, 2.05) is 37.3 Å². The zero-order valence-corrected chi connectivity index (χ0v) is 20.3. The van der Waals surface area contributed by atoms with E-state index in [-0.39, 0.29) is 11.1 Å². The molecular formula is C27H25ClN4O3. The fraction of sp³-hybridized carbons (Fsp3) is 0.222. The van der Waals surface area contributed by atoms with Crippen LogP contribution < -0.4 is 15.8 Å². The number of carboxylic acid groups (broad SMARTS) is 1. The molecule has 1 aliphatic heterocycles. The van der Waals surface area contributed by atoms with Crippen molar-refractivity contribution in [2.75, 3.05) is 16.8 Å². The predicted molar refractivity (Wildman–Crippen MR) is 139 cm³/mol.